The van der Waals surface area contributed by atoms with Crippen LogP contribution < -0.4 is 14.8 Å². The van der Waals surface area contributed by atoms with Gasteiger partial charge in [0.25, 0.3) is 17.3 Å². The molecule has 1 N–H and O–H groups in total. The number of ether oxygens (including phenoxy) is 3. The monoisotopic (exact) mass is 433 g/mol. The molecule has 12 heteroatoms. The second kappa shape index (κ2) is 10.0. The number of nitrogens with one attached hydrogen (secondary N) is 1. The molecule has 0 fully saturated rings. The van der Waals surface area contributed by atoms with Gasteiger partial charge in [0.15, 0.2) is 17.6 Å². The van der Waals surface area contributed by atoms with Gasteiger partial charge in [-0.2, -0.15) is 0 Å². The molecular formula is C19H19N3O9. The zero-order chi connectivity index (χ0) is 23.1. The van der Waals surface area contributed by atoms with Crippen LogP contribution >= 0.6 is 0 Å². The lowest BCUT2D eigenvalue weighted by atomic mass is 10.1. The first-order valence-electron chi connectivity index (χ1n) is 8.93. The highest BCUT2D eigenvalue weighted by Crippen LogP contribution is 2.35. The van der Waals surface area contributed by atoms with Crippen LogP contribution in [0.4, 0.5) is 17.1 Å². The van der Waals surface area contributed by atoms with Crippen LogP contribution in [0.5, 0.6) is 11.5 Å². The van der Waals surface area contributed by atoms with Crippen molar-refractivity contribution in [3.05, 3.63) is 62.2 Å². The van der Waals surface area contributed by atoms with E-state index >= 15 is 0 Å². The first-order chi connectivity index (χ1) is 14.7. The highest BCUT2D eigenvalue weighted by Gasteiger charge is 2.28. The summed E-state index contributed by atoms with van der Waals surface area (Å²) in [4.78, 5) is 45.5. The Bertz CT molecular complexity index is 1010. The van der Waals surface area contributed by atoms with Crippen LogP contribution in [0.1, 0.15) is 24.2 Å². The van der Waals surface area contributed by atoms with Crippen molar-refractivity contribution in [2.75, 3.05) is 19.0 Å². The van der Waals surface area contributed by atoms with Crippen LogP contribution in [0.3, 0.4) is 0 Å². The van der Waals surface area contributed by atoms with Gasteiger partial charge in [0.05, 0.1) is 29.6 Å². The van der Waals surface area contributed by atoms with Crippen molar-refractivity contribution in [2.24, 2.45) is 0 Å². The minimum atomic E-state index is -1.32. The van der Waals surface area contributed by atoms with Gasteiger partial charge in [-0.1, -0.05) is 0 Å². The number of non-ortho nitro benzene ring substituents is 1. The van der Waals surface area contributed by atoms with E-state index in [0.29, 0.717) is 0 Å². The number of benzene rings is 2. The average Bonchev–Trinajstić information content (AvgIpc) is 2.73. The van der Waals surface area contributed by atoms with Gasteiger partial charge in [-0.25, -0.2) is 4.79 Å². The van der Waals surface area contributed by atoms with Crippen molar-refractivity contribution in [3.8, 4) is 11.5 Å². The Morgan fingerprint density at radius 3 is 2.23 bits per heavy atom. The maximum absolute atomic E-state index is 12.5. The molecule has 2 aromatic carbocycles. The molecule has 31 heavy (non-hydrogen) atoms. The normalized spacial score (nSPS) is 11.2. The van der Waals surface area contributed by atoms with E-state index in [-0.39, 0.29) is 29.5 Å². The predicted octanol–water partition coefficient (Wildman–Crippen LogP) is 3.09. The Labute approximate surface area is 176 Å². The van der Waals surface area contributed by atoms with Gasteiger partial charge in [-0.15, -0.1) is 0 Å². The molecular weight excluding hydrogens is 414 g/mol. The van der Waals surface area contributed by atoms with E-state index in [1.54, 1.807) is 6.92 Å². The van der Waals surface area contributed by atoms with Crippen LogP contribution in [0.25, 0.3) is 0 Å². The highest BCUT2D eigenvalue weighted by molar-refractivity contribution is 5.99. The molecule has 0 heterocycles. The summed E-state index contributed by atoms with van der Waals surface area (Å²) in [5.41, 5.74) is -0.904. The van der Waals surface area contributed by atoms with Crippen LogP contribution in [-0.4, -0.2) is 41.5 Å². The maximum atomic E-state index is 12.5. The third kappa shape index (κ3) is 5.65. The Balaban J connectivity index is 2.18. The molecule has 1 atom stereocenters. The van der Waals surface area contributed by atoms with Crippen molar-refractivity contribution in [3.63, 3.8) is 0 Å². The topological polar surface area (TPSA) is 160 Å². The second-order valence-corrected chi connectivity index (χ2v) is 6.05. The number of methoxy groups -OCH3 is 1. The standard InChI is InChI=1S/C19H19N3O9/c1-4-30-17-10-15(22(27)28)14(9-16(17)29-3)19(24)31-11(2)18(23)20-12-5-7-13(8-6-12)21(25)26/h5-11H,4H2,1-3H3,(H,20,23). The van der Waals surface area contributed by atoms with E-state index in [4.69, 9.17) is 14.2 Å². The molecule has 2 aromatic rings. The molecule has 0 aliphatic carbocycles. The summed E-state index contributed by atoms with van der Waals surface area (Å²) in [5, 5.41) is 24.5. The molecule has 0 aliphatic rings. The molecule has 0 radical (unpaired) electrons. The summed E-state index contributed by atoms with van der Waals surface area (Å²) >= 11 is 0. The summed E-state index contributed by atoms with van der Waals surface area (Å²) < 4.78 is 15.4. The highest BCUT2D eigenvalue weighted by atomic mass is 16.6. The number of nitro benzene ring substituents is 2. The fourth-order valence-electron chi connectivity index (χ4n) is 2.48. The van der Waals surface area contributed by atoms with E-state index in [1.807, 2.05) is 0 Å². The Kier molecular flexibility index (Phi) is 7.44. The molecule has 2 rings (SSSR count). The molecule has 1 unspecified atom stereocenters. The summed E-state index contributed by atoms with van der Waals surface area (Å²) in [6.07, 6.45) is -1.32. The molecule has 164 valence electrons. The quantitative estimate of drug-likeness (QED) is 0.356. The average molecular weight is 433 g/mol. The molecule has 12 nitrogen and oxygen atoms in total. The molecule has 0 saturated heterocycles. The minimum absolute atomic E-state index is 0.0808. The summed E-state index contributed by atoms with van der Waals surface area (Å²) in [5.74, 6) is -1.68. The van der Waals surface area contributed by atoms with Crippen molar-refractivity contribution in [2.45, 2.75) is 20.0 Å². The van der Waals surface area contributed by atoms with Gasteiger partial charge < -0.3 is 19.5 Å². The van der Waals surface area contributed by atoms with Crippen molar-refractivity contribution < 1.29 is 33.6 Å². The van der Waals surface area contributed by atoms with Crippen LogP contribution in [0.15, 0.2) is 36.4 Å². The second-order valence-electron chi connectivity index (χ2n) is 6.05. The summed E-state index contributed by atoms with van der Waals surface area (Å²) in [6.45, 7) is 3.17. The molecule has 0 aliphatic heterocycles. The number of esters is 1. The molecule has 0 bridgehead atoms. The number of anilines is 1. The summed E-state index contributed by atoms with van der Waals surface area (Å²) in [7, 11) is 1.30. The van der Waals surface area contributed by atoms with Gasteiger partial charge in [0.1, 0.15) is 5.56 Å². The SMILES string of the molecule is CCOc1cc([N+](=O)[O-])c(C(=O)OC(C)C(=O)Nc2ccc([N+](=O)[O-])cc2)cc1OC. The number of rotatable bonds is 9. The molecule has 0 aromatic heterocycles. The number of nitrogens with zero attached hydrogens (tertiary/aromatic N) is 2. The zero-order valence-electron chi connectivity index (χ0n) is 16.8. The largest absolute Gasteiger partial charge is 0.493 e. The van der Waals surface area contributed by atoms with Crippen LogP contribution in [0.2, 0.25) is 0 Å². The third-order valence-electron chi connectivity index (χ3n) is 4.00. The summed E-state index contributed by atoms with van der Waals surface area (Å²) in [6, 6.07) is 7.16. The lowest BCUT2D eigenvalue weighted by Gasteiger charge is -2.15. The predicted molar refractivity (Wildman–Crippen MR) is 107 cm³/mol. The number of amides is 1. The molecule has 0 spiro atoms. The van der Waals surface area contributed by atoms with Crippen LogP contribution in [-0.2, 0) is 9.53 Å². The third-order valence-corrected chi connectivity index (χ3v) is 4.00. The van der Waals surface area contributed by atoms with Gasteiger partial charge in [-0.05, 0) is 26.0 Å². The van der Waals surface area contributed by atoms with Gasteiger partial charge in [0, 0.05) is 23.9 Å². The van der Waals surface area contributed by atoms with E-state index in [0.717, 1.165) is 12.1 Å². The number of nitro groups is 2. The Morgan fingerprint density at radius 2 is 1.71 bits per heavy atom. The van der Waals surface area contributed by atoms with E-state index in [2.05, 4.69) is 5.32 Å². The first-order valence-corrected chi connectivity index (χ1v) is 8.93. The number of carbonyl (C=O) groups excluding carboxylic acids is 2. The lowest BCUT2D eigenvalue weighted by Crippen LogP contribution is -2.30. The minimum Gasteiger partial charge on any atom is -0.493 e. The van der Waals surface area contributed by atoms with E-state index in [1.165, 1.54) is 38.3 Å². The first kappa shape index (κ1) is 23.1. The Morgan fingerprint density at radius 1 is 1.06 bits per heavy atom. The van der Waals surface area contributed by atoms with E-state index < -0.39 is 39.1 Å². The number of carbonyl (C=O) groups is 2. The molecule has 0 saturated carbocycles. The van der Waals surface area contributed by atoms with Gasteiger partial charge in [-0.3, -0.25) is 25.0 Å². The fourth-order valence-corrected chi connectivity index (χ4v) is 2.48. The van der Waals surface area contributed by atoms with Crippen molar-refractivity contribution in [1.29, 1.82) is 0 Å². The smallest absolute Gasteiger partial charge is 0.346 e. The van der Waals surface area contributed by atoms with Crippen molar-refractivity contribution in [1.82, 2.24) is 0 Å². The zero-order valence-corrected chi connectivity index (χ0v) is 16.8. The van der Waals surface area contributed by atoms with E-state index in [9.17, 15) is 29.8 Å². The van der Waals surface area contributed by atoms with Crippen LogP contribution in [0, 0.1) is 20.2 Å². The maximum Gasteiger partial charge on any atom is 0.346 e. The van der Waals surface area contributed by atoms with Crippen molar-refractivity contribution >= 4 is 28.9 Å². The van der Waals surface area contributed by atoms with Gasteiger partial charge >= 0.3 is 5.97 Å². The number of hydrogen-bond acceptors (Lipinski definition) is 9. The fraction of sp³-hybridized carbons (Fsp3) is 0.263. The Hall–Kier alpha value is -4.22. The van der Waals surface area contributed by atoms with Gasteiger partial charge in [0.2, 0.25) is 0 Å². The number of hydrogen-bond donors (Lipinski definition) is 1. The molecule has 1 amide bonds. The lowest BCUT2D eigenvalue weighted by molar-refractivity contribution is -0.385.